The van der Waals surface area contributed by atoms with Crippen LogP contribution in [0.5, 0.6) is 5.75 Å². The first kappa shape index (κ1) is 31.9. The molecule has 1 fully saturated rings. The second-order valence-corrected chi connectivity index (χ2v) is 10.3. The lowest BCUT2D eigenvalue weighted by molar-refractivity contribution is -0.146. The Kier molecular flexibility index (Phi) is 11.1. The van der Waals surface area contributed by atoms with Gasteiger partial charge in [-0.2, -0.15) is 10.4 Å². The molecule has 0 spiro atoms. The van der Waals surface area contributed by atoms with Crippen molar-refractivity contribution in [3.05, 3.63) is 66.5 Å². The van der Waals surface area contributed by atoms with E-state index in [9.17, 15) is 20.3 Å². The highest BCUT2D eigenvalue weighted by Crippen LogP contribution is 2.44. The number of esters is 1. The zero-order valence-corrected chi connectivity index (χ0v) is 24.4. The van der Waals surface area contributed by atoms with Gasteiger partial charge in [-0.3, -0.25) is 4.79 Å². The van der Waals surface area contributed by atoms with Crippen molar-refractivity contribution in [2.75, 3.05) is 38.8 Å². The van der Waals surface area contributed by atoms with Gasteiger partial charge in [-0.1, -0.05) is 18.2 Å². The number of nitrogens with zero attached hydrogens (tertiary/aromatic N) is 4. The monoisotopic (exact) mass is 616 g/mol. The van der Waals surface area contributed by atoms with E-state index in [1.807, 2.05) is 13.0 Å². The smallest absolute Gasteiger partial charge is 0.381 e. The van der Waals surface area contributed by atoms with Crippen molar-refractivity contribution in [3.63, 3.8) is 0 Å². The number of aliphatic hydroxyl groups is 2. The van der Waals surface area contributed by atoms with Crippen LogP contribution in [0.2, 0.25) is 0 Å². The van der Waals surface area contributed by atoms with Gasteiger partial charge in [0.1, 0.15) is 60.5 Å². The molecule has 15 nitrogen and oxygen atoms in total. The molecule has 0 radical (unpaired) electrons. The van der Waals surface area contributed by atoms with Crippen molar-refractivity contribution in [3.8, 4) is 11.8 Å². The molecule has 0 bridgehead atoms. The predicted molar refractivity (Wildman–Crippen MR) is 152 cm³/mol. The molecule has 1 saturated heterocycles. The fraction of sp³-hybridized carbons (Fsp3) is 0.407. The molecular formula is C27H33N6O9P. The summed E-state index contributed by atoms with van der Waals surface area (Å²) in [5, 5.41) is 38.9. The second-order valence-electron chi connectivity index (χ2n) is 9.11. The molecule has 1 aromatic carbocycles. The van der Waals surface area contributed by atoms with Crippen LogP contribution < -0.4 is 15.3 Å². The summed E-state index contributed by atoms with van der Waals surface area (Å²) >= 11 is 0. The van der Waals surface area contributed by atoms with Gasteiger partial charge in [0.15, 0.2) is 11.6 Å². The van der Waals surface area contributed by atoms with Crippen LogP contribution in [0.3, 0.4) is 0 Å². The lowest BCUT2D eigenvalue weighted by atomic mass is 9.93. The molecule has 0 aliphatic carbocycles. The Hall–Kier alpha value is -4.03. The number of benzene rings is 1. The molecule has 1 aliphatic rings. The van der Waals surface area contributed by atoms with Crippen LogP contribution in [0.4, 0.5) is 5.82 Å². The highest BCUT2D eigenvalue weighted by Gasteiger charge is 2.56. The maximum absolute atomic E-state index is 12.6. The predicted octanol–water partition coefficient (Wildman–Crippen LogP) is 1.52. The molecular weight excluding hydrogens is 583 g/mol. The van der Waals surface area contributed by atoms with Crippen LogP contribution in [0.15, 0.2) is 60.8 Å². The van der Waals surface area contributed by atoms with Crippen LogP contribution in [0.25, 0.3) is 5.52 Å². The number of rotatable bonds is 15. The molecule has 2 aromatic heterocycles. The molecule has 1 unspecified atom stereocenters. The van der Waals surface area contributed by atoms with Crippen LogP contribution in [0, 0.1) is 11.3 Å². The van der Waals surface area contributed by atoms with Gasteiger partial charge < -0.3 is 43.9 Å². The van der Waals surface area contributed by atoms with E-state index in [1.54, 1.807) is 43.3 Å². The van der Waals surface area contributed by atoms with Crippen LogP contribution in [-0.4, -0.2) is 82.1 Å². The number of nitrogen functional groups attached to an aromatic ring is 1. The molecule has 1 aliphatic heterocycles. The van der Waals surface area contributed by atoms with Crippen LogP contribution in [-0.2, 0) is 33.9 Å². The number of ether oxygens (including phenoxy) is 4. The van der Waals surface area contributed by atoms with Gasteiger partial charge >= 0.3 is 14.5 Å². The normalized spacial score (nSPS) is 22.1. The third kappa shape index (κ3) is 7.49. The first-order valence-electron chi connectivity index (χ1n) is 13.3. The molecule has 43 heavy (non-hydrogen) atoms. The lowest BCUT2D eigenvalue weighted by Crippen LogP contribution is -2.40. The van der Waals surface area contributed by atoms with Gasteiger partial charge in [-0.15, -0.1) is 0 Å². The van der Waals surface area contributed by atoms with E-state index < -0.39 is 38.3 Å². The number of aliphatic hydroxyl groups excluding tert-OH is 2. The van der Waals surface area contributed by atoms with Gasteiger partial charge in [0.2, 0.25) is 0 Å². The van der Waals surface area contributed by atoms with Gasteiger partial charge in [0.05, 0.1) is 19.8 Å². The minimum Gasteiger partial charge on any atom is -0.462 e. The van der Waals surface area contributed by atoms with E-state index in [1.165, 1.54) is 16.9 Å². The standard InChI is InChI=1S/C27H33N6O9P/c1-3-37-11-12-38-13-14-39-26(36)18(2)32-43(42-19-7-5-4-6-8-19)40-15-21-23(34)24(35)27(16-28,41-21)22-10-9-20-25(29)30-17-31-33(20)22/h4-10,15,17-18,23-24,32,34-35H,3,11-14H2,1-2H3,(H2,29,30,31)/b21-15+/t18-,23+,24+,27-,43?/m0/s1. The third-order valence-electron chi connectivity index (χ3n) is 6.21. The van der Waals surface area contributed by atoms with Crippen molar-refractivity contribution in [2.24, 2.45) is 0 Å². The zero-order chi connectivity index (χ0) is 30.8. The van der Waals surface area contributed by atoms with Crippen LogP contribution in [0.1, 0.15) is 19.5 Å². The summed E-state index contributed by atoms with van der Waals surface area (Å²) in [7, 11) is -2.07. The Morgan fingerprint density at radius 1 is 1.23 bits per heavy atom. The van der Waals surface area contributed by atoms with E-state index in [2.05, 4.69) is 15.2 Å². The average molecular weight is 617 g/mol. The molecule has 3 heterocycles. The Bertz CT molecular complexity index is 1440. The number of nitriles is 1. The molecule has 0 amide bonds. The topological polar surface area (TPSA) is 205 Å². The molecule has 230 valence electrons. The summed E-state index contributed by atoms with van der Waals surface area (Å²) in [4.78, 5) is 16.5. The van der Waals surface area contributed by atoms with E-state index in [-0.39, 0.29) is 30.5 Å². The summed E-state index contributed by atoms with van der Waals surface area (Å²) < 4.78 is 34.6. The maximum Gasteiger partial charge on any atom is 0.381 e. The SMILES string of the molecule is CCOCCOCCOC(=O)[C@H](C)NP(O/C=C1/O[C@@](C#N)(c2ccc3c(N)ncnn23)[C@H](O)[C@@H]1O)Oc1ccccc1. The van der Waals surface area contributed by atoms with Gasteiger partial charge in [0, 0.05) is 6.61 Å². The van der Waals surface area contributed by atoms with E-state index >= 15 is 0 Å². The van der Waals surface area contributed by atoms with Crippen molar-refractivity contribution < 1.29 is 43.0 Å². The first-order valence-corrected chi connectivity index (χ1v) is 14.5. The number of hydrogen-bond acceptors (Lipinski definition) is 14. The highest BCUT2D eigenvalue weighted by atomic mass is 31.2. The van der Waals surface area contributed by atoms with Gasteiger partial charge in [-0.05, 0) is 38.1 Å². The van der Waals surface area contributed by atoms with Gasteiger partial charge in [-0.25, -0.2) is 14.6 Å². The summed E-state index contributed by atoms with van der Waals surface area (Å²) in [5.41, 5.74) is 4.35. The fourth-order valence-electron chi connectivity index (χ4n) is 4.02. The molecule has 5 atom stereocenters. The Labute approximate surface area is 248 Å². The molecule has 3 aromatic rings. The quantitative estimate of drug-likeness (QED) is 0.0827. The second kappa shape index (κ2) is 14.9. The number of aromatic nitrogens is 3. The summed E-state index contributed by atoms with van der Waals surface area (Å²) in [6.07, 6.45) is -1.16. The molecule has 5 N–H and O–H groups in total. The largest absolute Gasteiger partial charge is 0.462 e. The van der Waals surface area contributed by atoms with Crippen molar-refractivity contribution >= 4 is 25.8 Å². The number of para-hydroxylation sites is 1. The number of carbonyl (C=O) groups excluding carboxylic acids is 1. The fourth-order valence-corrected chi connectivity index (χ4v) is 5.11. The average Bonchev–Trinajstić information content (AvgIpc) is 3.56. The molecule has 4 rings (SSSR count). The van der Waals surface area contributed by atoms with Crippen LogP contribution >= 0.6 is 8.53 Å². The van der Waals surface area contributed by atoms with Crippen molar-refractivity contribution in [2.45, 2.75) is 37.7 Å². The summed E-state index contributed by atoms with van der Waals surface area (Å²) in [5.74, 6) is -0.250. The number of hydrogen-bond donors (Lipinski definition) is 4. The zero-order valence-electron chi connectivity index (χ0n) is 23.5. The first-order chi connectivity index (χ1) is 20.8. The van der Waals surface area contributed by atoms with Gasteiger partial charge in [0.25, 0.3) is 5.60 Å². The third-order valence-corrected chi connectivity index (χ3v) is 7.48. The summed E-state index contributed by atoms with van der Waals surface area (Å²) in [6, 6.07) is 12.8. The van der Waals surface area contributed by atoms with Crippen molar-refractivity contribution in [1.29, 1.82) is 5.26 Å². The minimum atomic E-state index is -2.07. The Balaban J connectivity index is 1.46. The number of nitrogens with two attached hydrogens (primary N) is 1. The highest BCUT2D eigenvalue weighted by molar-refractivity contribution is 7.45. The lowest BCUT2D eigenvalue weighted by Gasteiger charge is -2.23. The van der Waals surface area contributed by atoms with E-state index in [0.717, 1.165) is 6.26 Å². The number of nitrogens with one attached hydrogen (secondary N) is 1. The molecule has 0 saturated carbocycles. The number of carbonyl (C=O) groups is 1. The Morgan fingerprint density at radius 3 is 2.72 bits per heavy atom. The van der Waals surface area contributed by atoms with Crippen molar-refractivity contribution in [1.82, 2.24) is 19.7 Å². The number of fused-ring (bicyclic) bond motifs is 1. The maximum atomic E-state index is 12.6. The van der Waals surface area contributed by atoms with E-state index in [4.69, 9.17) is 33.7 Å². The molecule has 16 heteroatoms. The summed E-state index contributed by atoms with van der Waals surface area (Å²) in [6.45, 7) is 5.12. The number of anilines is 1. The minimum absolute atomic E-state index is 0.0402. The van der Waals surface area contributed by atoms with E-state index in [0.29, 0.717) is 31.1 Å². The Morgan fingerprint density at radius 2 is 1.98 bits per heavy atom.